The minimum absolute atomic E-state index is 0.0241. The molecule has 0 atom stereocenters. The highest BCUT2D eigenvalue weighted by molar-refractivity contribution is 6.17. The topological polar surface area (TPSA) is 34.9 Å². The zero-order chi connectivity index (χ0) is 13.7. The molecule has 1 heterocycles. The van der Waals surface area contributed by atoms with Crippen molar-refractivity contribution in [1.29, 1.82) is 0 Å². The molecule has 0 aliphatic rings. The average Bonchev–Trinajstić information content (AvgIpc) is 2.42. The van der Waals surface area contributed by atoms with Gasteiger partial charge in [-0.3, -0.25) is 4.79 Å². The highest BCUT2D eigenvalue weighted by Crippen LogP contribution is 2.11. The molecule has 2 aromatic rings. The molecule has 2 rings (SSSR count). The van der Waals surface area contributed by atoms with E-state index >= 15 is 0 Å². The number of nitrogens with zero attached hydrogens (tertiary/aromatic N) is 2. The van der Waals surface area contributed by atoms with Gasteiger partial charge in [0.25, 0.3) is 5.56 Å². The molecule has 0 aliphatic heterocycles. The maximum absolute atomic E-state index is 12.2. The first-order valence-corrected chi connectivity index (χ1v) is 7.29. The van der Waals surface area contributed by atoms with E-state index in [2.05, 4.69) is 4.98 Å². The first-order chi connectivity index (χ1) is 9.24. The molecule has 0 saturated heterocycles. The summed E-state index contributed by atoms with van der Waals surface area (Å²) in [4.78, 5) is 16.5. The number of para-hydroxylation sites is 2. The molecule has 102 valence electrons. The van der Waals surface area contributed by atoms with Crippen LogP contribution in [0, 0.1) is 6.92 Å². The second-order valence-electron chi connectivity index (χ2n) is 4.75. The van der Waals surface area contributed by atoms with E-state index in [0.29, 0.717) is 5.69 Å². The number of aryl methyl sites for hydroxylation is 2. The lowest BCUT2D eigenvalue weighted by Crippen LogP contribution is -2.24. The first-order valence-electron chi connectivity index (χ1n) is 6.76. The fourth-order valence-electron chi connectivity index (χ4n) is 2.26. The molecule has 0 saturated carbocycles. The van der Waals surface area contributed by atoms with Crippen molar-refractivity contribution in [3.63, 3.8) is 0 Å². The fourth-order valence-corrected chi connectivity index (χ4v) is 2.45. The highest BCUT2D eigenvalue weighted by Gasteiger charge is 2.06. The van der Waals surface area contributed by atoms with Crippen LogP contribution in [0.15, 0.2) is 29.1 Å². The van der Waals surface area contributed by atoms with Crippen LogP contribution < -0.4 is 5.56 Å². The van der Waals surface area contributed by atoms with Gasteiger partial charge in [-0.05, 0) is 31.9 Å². The SMILES string of the molecule is Cc1nc2ccccc2n(CCCCCCCl)c1=O. The third-order valence-corrected chi connectivity index (χ3v) is 3.55. The van der Waals surface area contributed by atoms with Crippen molar-refractivity contribution < 1.29 is 0 Å². The molecule has 0 unspecified atom stereocenters. The molecule has 0 radical (unpaired) electrons. The van der Waals surface area contributed by atoms with Crippen LogP contribution in [-0.2, 0) is 6.54 Å². The lowest BCUT2D eigenvalue weighted by atomic mass is 10.2. The van der Waals surface area contributed by atoms with Crippen LogP contribution in [0.2, 0.25) is 0 Å². The summed E-state index contributed by atoms with van der Waals surface area (Å²) in [5, 5.41) is 0. The van der Waals surface area contributed by atoms with Crippen LogP contribution in [0.25, 0.3) is 11.0 Å². The van der Waals surface area contributed by atoms with Gasteiger partial charge in [0, 0.05) is 12.4 Å². The zero-order valence-corrected chi connectivity index (χ0v) is 12.0. The molecule has 0 bridgehead atoms. The van der Waals surface area contributed by atoms with Crippen molar-refractivity contribution in [3.05, 3.63) is 40.3 Å². The summed E-state index contributed by atoms with van der Waals surface area (Å²) in [6.07, 6.45) is 4.28. The summed E-state index contributed by atoms with van der Waals surface area (Å²) < 4.78 is 1.85. The Bertz CT molecular complexity index is 607. The maximum atomic E-state index is 12.2. The third kappa shape index (κ3) is 3.35. The maximum Gasteiger partial charge on any atom is 0.272 e. The first kappa shape index (κ1) is 14.1. The number of unbranched alkanes of at least 4 members (excludes halogenated alkanes) is 3. The van der Waals surface area contributed by atoms with Crippen LogP contribution in [0.1, 0.15) is 31.4 Å². The smallest absolute Gasteiger partial charge is 0.272 e. The second-order valence-corrected chi connectivity index (χ2v) is 5.12. The Morgan fingerprint density at radius 1 is 1.16 bits per heavy atom. The van der Waals surface area contributed by atoms with Gasteiger partial charge in [0.15, 0.2) is 0 Å². The van der Waals surface area contributed by atoms with E-state index < -0.39 is 0 Å². The largest absolute Gasteiger partial charge is 0.305 e. The molecule has 4 heteroatoms. The van der Waals surface area contributed by atoms with E-state index in [4.69, 9.17) is 11.6 Å². The molecular weight excluding hydrogens is 260 g/mol. The second kappa shape index (κ2) is 6.71. The number of benzene rings is 1. The predicted octanol–water partition coefficient (Wildman–Crippen LogP) is 3.50. The van der Waals surface area contributed by atoms with Crippen LogP contribution in [-0.4, -0.2) is 15.4 Å². The van der Waals surface area contributed by atoms with Gasteiger partial charge >= 0.3 is 0 Å². The van der Waals surface area contributed by atoms with Crippen molar-refractivity contribution in [1.82, 2.24) is 9.55 Å². The summed E-state index contributed by atoms with van der Waals surface area (Å²) in [7, 11) is 0. The molecule has 0 aliphatic carbocycles. The van der Waals surface area contributed by atoms with Crippen molar-refractivity contribution in [3.8, 4) is 0 Å². The number of halogens is 1. The van der Waals surface area contributed by atoms with Gasteiger partial charge in [0.2, 0.25) is 0 Å². The summed E-state index contributed by atoms with van der Waals surface area (Å²) in [5.74, 6) is 0.719. The summed E-state index contributed by atoms with van der Waals surface area (Å²) >= 11 is 5.66. The Balaban J connectivity index is 2.21. The van der Waals surface area contributed by atoms with Gasteiger partial charge < -0.3 is 4.57 Å². The van der Waals surface area contributed by atoms with Gasteiger partial charge in [-0.15, -0.1) is 11.6 Å². The van der Waals surface area contributed by atoms with E-state index in [0.717, 1.165) is 49.1 Å². The van der Waals surface area contributed by atoms with Gasteiger partial charge in [-0.2, -0.15) is 0 Å². The Kier molecular flexibility index (Phi) is 4.97. The van der Waals surface area contributed by atoms with Crippen molar-refractivity contribution in [2.24, 2.45) is 0 Å². The average molecular weight is 279 g/mol. The minimum atomic E-state index is 0.0241. The minimum Gasteiger partial charge on any atom is -0.305 e. The van der Waals surface area contributed by atoms with Crippen LogP contribution in [0.3, 0.4) is 0 Å². The molecule has 19 heavy (non-hydrogen) atoms. The van der Waals surface area contributed by atoms with Gasteiger partial charge in [-0.1, -0.05) is 25.0 Å². The quantitative estimate of drug-likeness (QED) is 0.599. The number of fused-ring (bicyclic) bond motifs is 1. The number of alkyl halides is 1. The Morgan fingerprint density at radius 3 is 2.68 bits per heavy atom. The molecule has 0 spiro atoms. The molecule has 0 N–H and O–H groups in total. The van der Waals surface area contributed by atoms with E-state index in [1.165, 1.54) is 0 Å². The molecule has 0 fully saturated rings. The Morgan fingerprint density at radius 2 is 1.89 bits per heavy atom. The van der Waals surface area contributed by atoms with Crippen molar-refractivity contribution >= 4 is 22.6 Å². The fraction of sp³-hybridized carbons (Fsp3) is 0.467. The lowest BCUT2D eigenvalue weighted by molar-refractivity contribution is 0.580. The molecule has 3 nitrogen and oxygen atoms in total. The number of hydrogen-bond acceptors (Lipinski definition) is 2. The normalized spacial score (nSPS) is 11.1. The van der Waals surface area contributed by atoms with Gasteiger partial charge in [-0.25, -0.2) is 4.98 Å². The standard InChI is InChI=1S/C15H19ClN2O/c1-12-15(19)18(11-7-3-2-6-10-16)14-9-5-4-8-13(14)17-12/h4-5,8-9H,2-3,6-7,10-11H2,1H3. The van der Waals surface area contributed by atoms with E-state index in [1.807, 2.05) is 28.8 Å². The summed E-state index contributed by atoms with van der Waals surface area (Å²) in [6.45, 7) is 2.53. The van der Waals surface area contributed by atoms with Crippen LogP contribution in [0.5, 0.6) is 0 Å². The van der Waals surface area contributed by atoms with Crippen LogP contribution in [0.4, 0.5) is 0 Å². The van der Waals surface area contributed by atoms with Crippen LogP contribution >= 0.6 is 11.6 Å². The highest BCUT2D eigenvalue weighted by atomic mass is 35.5. The van der Waals surface area contributed by atoms with E-state index in [9.17, 15) is 4.79 Å². The van der Waals surface area contributed by atoms with Gasteiger partial charge in [0.1, 0.15) is 5.69 Å². The molecule has 1 aromatic heterocycles. The number of hydrogen-bond donors (Lipinski definition) is 0. The lowest BCUT2D eigenvalue weighted by Gasteiger charge is -2.10. The number of aromatic nitrogens is 2. The Labute approximate surface area is 118 Å². The Hall–Kier alpha value is -1.35. The zero-order valence-electron chi connectivity index (χ0n) is 11.2. The van der Waals surface area contributed by atoms with E-state index in [1.54, 1.807) is 6.92 Å². The van der Waals surface area contributed by atoms with Crippen molar-refractivity contribution in [2.45, 2.75) is 39.2 Å². The summed E-state index contributed by atoms with van der Waals surface area (Å²) in [6, 6.07) is 7.81. The third-order valence-electron chi connectivity index (χ3n) is 3.28. The monoisotopic (exact) mass is 278 g/mol. The van der Waals surface area contributed by atoms with Crippen molar-refractivity contribution in [2.75, 3.05) is 5.88 Å². The van der Waals surface area contributed by atoms with E-state index in [-0.39, 0.29) is 5.56 Å². The van der Waals surface area contributed by atoms with Gasteiger partial charge in [0.05, 0.1) is 11.0 Å². The predicted molar refractivity (Wildman–Crippen MR) is 79.9 cm³/mol. The molecule has 1 aromatic carbocycles. The number of rotatable bonds is 6. The molecule has 0 amide bonds. The summed E-state index contributed by atoms with van der Waals surface area (Å²) in [5.41, 5.74) is 2.41. The molecular formula is C15H19ClN2O.